The molecular formula is C19H29ClN4O2S. The van der Waals surface area contributed by atoms with E-state index in [0.29, 0.717) is 17.0 Å². The third-order valence-electron chi connectivity index (χ3n) is 5.76. The monoisotopic (exact) mass is 412 g/mol. The first-order valence-corrected chi connectivity index (χ1v) is 11.3. The average Bonchev–Trinajstić information content (AvgIpc) is 3.07. The number of aromatic nitrogens is 2. The number of nitrogens with one attached hydrogen (secondary N) is 1. The Morgan fingerprint density at radius 2 is 2.15 bits per heavy atom. The number of hydrogen-bond acceptors (Lipinski definition) is 6. The molecule has 0 spiro atoms. The molecule has 8 heteroatoms. The normalized spacial score (nSPS) is 28.1. The molecule has 1 saturated carbocycles. The maximum absolute atomic E-state index is 12.8. The molecule has 2 aliphatic rings. The second-order valence-corrected chi connectivity index (χ2v) is 8.69. The molecule has 1 amide bonds. The topological polar surface area (TPSA) is 67.3 Å². The van der Waals surface area contributed by atoms with Gasteiger partial charge in [-0.1, -0.05) is 36.7 Å². The number of likely N-dealkylation sites (tertiary alicyclic amines) is 1. The lowest BCUT2D eigenvalue weighted by Gasteiger charge is -2.37. The molecule has 1 aromatic rings. The maximum atomic E-state index is 12.8. The van der Waals surface area contributed by atoms with Crippen molar-refractivity contribution < 1.29 is 9.53 Å². The summed E-state index contributed by atoms with van der Waals surface area (Å²) in [7, 11) is 1.73. The van der Waals surface area contributed by atoms with E-state index in [1.807, 2.05) is 6.26 Å². The van der Waals surface area contributed by atoms with Gasteiger partial charge in [0.2, 0.25) is 0 Å². The van der Waals surface area contributed by atoms with Crippen LogP contribution in [0.4, 0.5) is 0 Å². The summed E-state index contributed by atoms with van der Waals surface area (Å²) in [6.07, 6.45) is 7.79. The van der Waals surface area contributed by atoms with E-state index in [2.05, 4.69) is 27.1 Å². The highest BCUT2D eigenvalue weighted by atomic mass is 35.5. The van der Waals surface area contributed by atoms with Gasteiger partial charge in [0.1, 0.15) is 0 Å². The molecule has 2 heterocycles. The van der Waals surface area contributed by atoms with Gasteiger partial charge in [-0.3, -0.25) is 4.79 Å². The lowest BCUT2D eigenvalue weighted by molar-refractivity contribution is 0.0124. The molecule has 6 nitrogen and oxygen atoms in total. The van der Waals surface area contributed by atoms with E-state index in [9.17, 15) is 4.79 Å². The van der Waals surface area contributed by atoms with E-state index in [1.165, 1.54) is 37.3 Å². The van der Waals surface area contributed by atoms with E-state index < -0.39 is 0 Å². The van der Waals surface area contributed by atoms with Crippen molar-refractivity contribution in [3.63, 3.8) is 0 Å². The summed E-state index contributed by atoms with van der Waals surface area (Å²) in [5.74, 6) is 1.02. The van der Waals surface area contributed by atoms with Gasteiger partial charge in [0.05, 0.1) is 23.4 Å². The zero-order valence-corrected chi connectivity index (χ0v) is 17.9. The number of halogens is 1. The fraction of sp³-hybridized carbons (Fsp3) is 0.737. The van der Waals surface area contributed by atoms with Crippen molar-refractivity contribution >= 4 is 29.3 Å². The van der Waals surface area contributed by atoms with Gasteiger partial charge in [-0.2, -0.15) is 0 Å². The van der Waals surface area contributed by atoms with Crippen LogP contribution in [0.2, 0.25) is 5.02 Å². The number of thioether (sulfide) groups is 1. The van der Waals surface area contributed by atoms with Gasteiger partial charge in [0, 0.05) is 20.2 Å². The number of unbranched alkanes of at least 4 members (excludes halogenated alkanes) is 1. The third kappa shape index (κ3) is 4.94. The van der Waals surface area contributed by atoms with Crippen LogP contribution in [0.1, 0.15) is 43.1 Å². The van der Waals surface area contributed by atoms with Crippen molar-refractivity contribution in [1.29, 1.82) is 0 Å². The molecule has 0 radical (unpaired) electrons. The fourth-order valence-electron chi connectivity index (χ4n) is 4.33. The summed E-state index contributed by atoms with van der Waals surface area (Å²) >= 11 is 7.55. The second-order valence-electron chi connectivity index (χ2n) is 7.51. The molecule has 0 bridgehead atoms. The molecule has 27 heavy (non-hydrogen) atoms. The number of hydrogen-bond donors (Lipinski definition) is 1. The first-order valence-electron chi connectivity index (χ1n) is 9.68. The van der Waals surface area contributed by atoms with Crippen molar-refractivity contribution in [2.24, 2.45) is 11.8 Å². The van der Waals surface area contributed by atoms with Crippen molar-refractivity contribution in [3.8, 4) is 0 Å². The molecular weight excluding hydrogens is 384 g/mol. The largest absolute Gasteiger partial charge is 0.379 e. The third-order valence-corrected chi connectivity index (χ3v) is 6.60. The zero-order chi connectivity index (χ0) is 19.4. The Labute approximate surface area is 170 Å². The first-order chi connectivity index (χ1) is 13.0. The Hall–Kier alpha value is -0.890. The molecule has 0 aromatic carbocycles. The van der Waals surface area contributed by atoms with Crippen LogP contribution in [0.15, 0.2) is 11.4 Å². The molecule has 1 aliphatic heterocycles. The van der Waals surface area contributed by atoms with Crippen LogP contribution in [0.3, 0.4) is 0 Å². The first kappa shape index (κ1) is 20.8. The summed E-state index contributed by atoms with van der Waals surface area (Å²) in [5, 5.41) is 3.95. The molecule has 1 N–H and O–H groups in total. The van der Waals surface area contributed by atoms with Gasteiger partial charge in [-0.15, -0.1) is 0 Å². The second kappa shape index (κ2) is 9.54. The highest BCUT2D eigenvalue weighted by molar-refractivity contribution is 7.98. The maximum Gasteiger partial charge on any atom is 0.271 e. The highest BCUT2D eigenvalue weighted by Crippen LogP contribution is 2.37. The average molecular weight is 413 g/mol. The highest BCUT2D eigenvalue weighted by Gasteiger charge is 2.42. The van der Waals surface area contributed by atoms with Gasteiger partial charge in [-0.25, -0.2) is 9.97 Å². The van der Waals surface area contributed by atoms with Crippen molar-refractivity contribution in [1.82, 2.24) is 20.2 Å². The van der Waals surface area contributed by atoms with Crippen molar-refractivity contribution in [2.75, 3.05) is 33.0 Å². The smallest absolute Gasteiger partial charge is 0.271 e. The van der Waals surface area contributed by atoms with Crippen LogP contribution < -0.4 is 5.32 Å². The Kier molecular flexibility index (Phi) is 7.36. The molecule has 150 valence electrons. The number of ether oxygens (including phenoxy) is 1. The van der Waals surface area contributed by atoms with Crippen LogP contribution in [-0.2, 0) is 4.74 Å². The van der Waals surface area contributed by atoms with Crippen molar-refractivity contribution in [3.05, 3.63) is 16.9 Å². The minimum absolute atomic E-state index is 0.0152. The van der Waals surface area contributed by atoms with E-state index in [4.69, 9.17) is 16.3 Å². The predicted molar refractivity (Wildman–Crippen MR) is 108 cm³/mol. The Morgan fingerprint density at radius 1 is 1.41 bits per heavy atom. The Balaban J connectivity index is 1.66. The van der Waals surface area contributed by atoms with E-state index in [-0.39, 0.29) is 28.8 Å². The number of fused-ring (bicyclic) bond motifs is 1. The van der Waals surface area contributed by atoms with Crippen LogP contribution in [0, 0.1) is 11.8 Å². The molecule has 0 unspecified atom stereocenters. The van der Waals surface area contributed by atoms with Gasteiger partial charge in [0.25, 0.3) is 5.91 Å². The predicted octanol–water partition coefficient (Wildman–Crippen LogP) is 3.11. The minimum atomic E-state index is -0.246. The molecule has 4 atom stereocenters. The number of rotatable bonds is 7. The van der Waals surface area contributed by atoms with Gasteiger partial charge >= 0.3 is 0 Å². The van der Waals surface area contributed by atoms with Gasteiger partial charge < -0.3 is 15.0 Å². The molecule has 1 aliphatic carbocycles. The van der Waals surface area contributed by atoms with E-state index in [0.717, 1.165) is 25.9 Å². The fourth-order valence-corrected chi connectivity index (χ4v) is 4.85. The molecule has 2 fully saturated rings. The zero-order valence-electron chi connectivity index (χ0n) is 16.3. The molecule has 1 aromatic heterocycles. The van der Waals surface area contributed by atoms with E-state index >= 15 is 0 Å². The van der Waals surface area contributed by atoms with Gasteiger partial charge in [0.15, 0.2) is 10.9 Å². The molecule has 3 rings (SSSR count). The Bertz CT molecular complexity index is 663. The quantitative estimate of drug-likeness (QED) is 0.548. The summed E-state index contributed by atoms with van der Waals surface area (Å²) in [6, 6.07) is -0.0152. The van der Waals surface area contributed by atoms with Crippen molar-refractivity contribution in [2.45, 2.75) is 49.9 Å². The Morgan fingerprint density at radius 3 is 2.81 bits per heavy atom. The summed E-state index contributed by atoms with van der Waals surface area (Å²) < 4.78 is 5.74. The number of methoxy groups -OCH3 is 1. The SMILES string of the molecule is CCCCN1C[C@H]2C[C@H](OC)[C@@H](NC(=O)c3nc(SC)ncc3Cl)C[C@H]2C1. The molecule has 1 saturated heterocycles. The lowest BCUT2D eigenvalue weighted by atomic mass is 9.77. The number of nitrogens with zero attached hydrogens (tertiary/aromatic N) is 3. The minimum Gasteiger partial charge on any atom is -0.379 e. The van der Waals surface area contributed by atoms with Gasteiger partial charge in [-0.05, 0) is 43.9 Å². The lowest BCUT2D eigenvalue weighted by Crippen LogP contribution is -2.50. The number of amides is 1. The summed E-state index contributed by atoms with van der Waals surface area (Å²) in [4.78, 5) is 23.8. The summed E-state index contributed by atoms with van der Waals surface area (Å²) in [5.41, 5.74) is 0.240. The standard InChI is InChI=1S/C19H29ClN4O2S/c1-4-5-6-24-10-12-7-15(16(26-2)8-13(12)11-24)22-18(25)17-14(20)9-21-19(23-17)27-3/h9,12-13,15-16H,4-8,10-11H2,1-3H3,(H,22,25)/t12-,13+,15-,16-/m0/s1. The summed E-state index contributed by atoms with van der Waals surface area (Å²) in [6.45, 7) is 5.68. The van der Waals surface area contributed by atoms with Crippen LogP contribution in [0.5, 0.6) is 0 Å². The number of carbonyl (C=O) groups is 1. The van der Waals surface area contributed by atoms with E-state index in [1.54, 1.807) is 7.11 Å². The van der Waals surface area contributed by atoms with Crippen LogP contribution >= 0.6 is 23.4 Å². The van der Waals surface area contributed by atoms with Crippen LogP contribution in [0.25, 0.3) is 0 Å². The number of carbonyl (C=O) groups excluding carboxylic acids is 1. The van der Waals surface area contributed by atoms with Crippen LogP contribution in [-0.4, -0.2) is 65.9 Å².